The first kappa shape index (κ1) is 57.2. The molecule has 2 aliphatic heterocycles. The Morgan fingerprint density at radius 1 is 0.253 bits per heavy atom. The van der Waals surface area contributed by atoms with E-state index in [4.69, 9.17) is 0 Å². The molecule has 2 heterocycles. The van der Waals surface area contributed by atoms with Gasteiger partial charge < -0.3 is 9.80 Å². The second-order valence-corrected chi connectivity index (χ2v) is 26.3. The average molecular weight is 1130 g/mol. The van der Waals surface area contributed by atoms with Crippen molar-refractivity contribution in [3.05, 3.63) is 270 Å². The lowest BCUT2D eigenvalue weighted by Crippen LogP contribution is -2.61. The molecular weight excluding hydrogens is 1050 g/mol. The van der Waals surface area contributed by atoms with Crippen molar-refractivity contribution in [3.8, 4) is 66.8 Å². The molecule has 11 aromatic rings. The monoisotopic (exact) mass is 1130 g/mol. The molecule has 2 nitrogen and oxygen atoms in total. The van der Waals surface area contributed by atoms with Gasteiger partial charge in [-0.15, -0.1) is 0 Å². The summed E-state index contributed by atoms with van der Waals surface area (Å²) in [6.07, 6.45) is 0. The number of nitrogens with zero attached hydrogens (tertiary/aromatic N) is 2. The predicted molar refractivity (Wildman–Crippen MR) is 378 cm³/mol. The van der Waals surface area contributed by atoms with Crippen LogP contribution in [0.15, 0.2) is 237 Å². The van der Waals surface area contributed by atoms with Crippen molar-refractivity contribution in [2.75, 3.05) is 9.80 Å². The number of anilines is 6. The maximum atomic E-state index is 2.69. The van der Waals surface area contributed by atoms with E-state index in [1.54, 1.807) is 0 Å². The third-order valence-electron chi connectivity index (χ3n) is 18.7. The zero-order chi connectivity index (χ0) is 60.4. The van der Waals surface area contributed by atoms with Crippen LogP contribution in [-0.2, 0) is 0 Å². The lowest BCUT2D eigenvalue weighted by molar-refractivity contribution is 0.838. The summed E-state index contributed by atoms with van der Waals surface area (Å²) in [6.45, 7) is 28.0. The Hall–Kier alpha value is -8.92. The molecular formula is C84H81BN2. The second kappa shape index (κ2) is 23.4. The van der Waals surface area contributed by atoms with Gasteiger partial charge in [0.15, 0.2) is 0 Å². The van der Waals surface area contributed by atoms with Gasteiger partial charge in [-0.25, -0.2) is 0 Å². The Labute approximate surface area is 519 Å². The van der Waals surface area contributed by atoms with Crippen molar-refractivity contribution in [2.24, 2.45) is 0 Å². The summed E-state index contributed by atoms with van der Waals surface area (Å²) in [4.78, 5) is 5.34. The van der Waals surface area contributed by atoms with E-state index in [0.717, 1.165) is 11.4 Å². The highest BCUT2D eigenvalue weighted by Gasteiger charge is 2.45. The standard InChI is InChI=1S/C84H81BN2/c1-52(2)66-32-22-33-67(53(3)4)80(66)61-40-44-65(45-41-61)86-76-47-43-63(81-68(54(5)6)34-23-35-69(81)55(7)8)49-75(76)85-74-48-62(58-26-16-13-17-27-58)42-46-77(74)87(84-72(59-28-18-14-19-29-59)38-25-39-73(84)60-30-20-15-21-31-60)79-51-64(50-78(86)83(79)85)82-70(56(9)10)36-24-37-71(82)57(11)12/h13-57H,1-12H3. The van der Waals surface area contributed by atoms with Gasteiger partial charge in [0, 0.05) is 39.6 Å². The van der Waals surface area contributed by atoms with Gasteiger partial charge in [0.05, 0.1) is 5.69 Å². The van der Waals surface area contributed by atoms with Gasteiger partial charge in [0.1, 0.15) is 0 Å². The van der Waals surface area contributed by atoms with Crippen LogP contribution in [0, 0.1) is 0 Å². The maximum absolute atomic E-state index is 2.69. The van der Waals surface area contributed by atoms with Gasteiger partial charge in [-0.05, 0) is 177 Å². The smallest absolute Gasteiger partial charge is 0.252 e. The van der Waals surface area contributed by atoms with Crippen LogP contribution in [0.1, 0.15) is 152 Å². The highest BCUT2D eigenvalue weighted by molar-refractivity contribution is 7.00. The van der Waals surface area contributed by atoms with Gasteiger partial charge in [0.25, 0.3) is 6.71 Å². The van der Waals surface area contributed by atoms with E-state index in [2.05, 4.69) is 329 Å². The van der Waals surface area contributed by atoms with Crippen molar-refractivity contribution < 1.29 is 0 Å². The van der Waals surface area contributed by atoms with Gasteiger partial charge in [0.2, 0.25) is 0 Å². The third-order valence-corrected chi connectivity index (χ3v) is 18.7. The number of fused-ring (bicyclic) bond motifs is 4. The van der Waals surface area contributed by atoms with Crippen molar-refractivity contribution in [1.29, 1.82) is 0 Å². The minimum atomic E-state index is -0.154. The molecule has 0 spiro atoms. The van der Waals surface area contributed by atoms with Crippen molar-refractivity contribution in [3.63, 3.8) is 0 Å². The average Bonchev–Trinajstić information content (AvgIpc) is 0.738. The lowest BCUT2D eigenvalue weighted by Gasteiger charge is -2.45. The minimum Gasteiger partial charge on any atom is -0.311 e. The third kappa shape index (κ3) is 10.1. The van der Waals surface area contributed by atoms with Crippen LogP contribution in [-0.4, -0.2) is 6.71 Å². The molecule has 0 amide bonds. The van der Waals surface area contributed by atoms with Crippen molar-refractivity contribution in [2.45, 2.75) is 119 Å². The molecule has 87 heavy (non-hydrogen) atoms. The minimum absolute atomic E-state index is 0.154. The summed E-state index contributed by atoms with van der Waals surface area (Å²) >= 11 is 0. The zero-order valence-corrected chi connectivity index (χ0v) is 53.0. The molecule has 0 bridgehead atoms. The summed E-state index contributed by atoms with van der Waals surface area (Å²) in [7, 11) is 0. The molecule has 13 rings (SSSR count). The Balaban J connectivity index is 1.21. The molecule has 0 saturated heterocycles. The molecule has 430 valence electrons. The van der Waals surface area contributed by atoms with Gasteiger partial charge in [-0.1, -0.05) is 283 Å². The molecule has 0 fully saturated rings. The first-order chi connectivity index (χ1) is 42.2. The zero-order valence-electron chi connectivity index (χ0n) is 53.0. The van der Waals surface area contributed by atoms with E-state index in [1.807, 2.05) is 0 Å². The fraction of sp³-hybridized carbons (Fsp3) is 0.214. The van der Waals surface area contributed by atoms with Crippen LogP contribution >= 0.6 is 0 Å². The van der Waals surface area contributed by atoms with Crippen molar-refractivity contribution in [1.82, 2.24) is 0 Å². The Morgan fingerprint density at radius 2 is 0.598 bits per heavy atom. The summed E-state index contributed by atoms with van der Waals surface area (Å²) in [5.41, 5.74) is 34.1. The summed E-state index contributed by atoms with van der Waals surface area (Å²) in [5, 5.41) is 0. The molecule has 0 aliphatic carbocycles. The van der Waals surface area contributed by atoms with Gasteiger partial charge >= 0.3 is 0 Å². The fourth-order valence-electron chi connectivity index (χ4n) is 14.6. The molecule has 11 aromatic carbocycles. The Kier molecular flexibility index (Phi) is 15.4. The largest absolute Gasteiger partial charge is 0.311 e. The van der Waals surface area contributed by atoms with E-state index in [9.17, 15) is 0 Å². The van der Waals surface area contributed by atoms with Gasteiger partial charge in [-0.2, -0.15) is 0 Å². The number of rotatable bonds is 14. The van der Waals surface area contributed by atoms with Crippen LogP contribution in [0.5, 0.6) is 0 Å². The normalized spacial score (nSPS) is 12.7. The highest BCUT2D eigenvalue weighted by Crippen LogP contribution is 2.53. The maximum Gasteiger partial charge on any atom is 0.252 e. The van der Waals surface area contributed by atoms with Gasteiger partial charge in [-0.3, -0.25) is 0 Å². The second-order valence-electron chi connectivity index (χ2n) is 26.3. The SMILES string of the molecule is CC(C)c1cccc(C(C)C)c1-c1ccc(N2c3ccc(-c4c(C(C)C)cccc4C(C)C)cc3B3c4cc(-c5ccccc5)ccc4N(c4c(-c5ccccc5)cccc4-c4ccccc4)c4cc(-c5c(C(C)C)cccc5C(C)C)cc2c43)cc1. The molecule has 0 atom stereocenters. The molecule has 0 radical (unpaired) electrons. The van der Waals surface area contributed by atoms with Crippen LogP contribution in [0.25, 0.3) is 66.8 Å². The van der Waals surface area contributed by atoms with Crippen LogP contribution in [0.3, 0.4) is 0 Å². The summed E-state index contributed by atoms with van der Waals surface area (Å²) < 4.78 is 0. The molecule has 0 unspecified atom stereocenters. The molecule has 0 aromatic heterocycles. The van der Waals surface area contributed by atoms with E-state index < -0.39 is 0 Å². The van der Waals surface area contributed by atoms with Crippen molar-refractivity contribution >= 4 is 57.2 Å². The molecule has 0 saturated carbocycles. The number of para-hydroxylation sites is 1. The van der Waals surface area contributed by atoms with Crippen LogP contribution in [0.4, 0.5) is 34.1 Å². The summed E-state index contributed by atoms with van der Waals surface area (Å²) in [5.74, 6) is 1.98. The first-order valence-corrected chi connectivity index (χ1v) is 32.0. The Morgan fingerprint density at radius 3 is 1.03 bits per heavy atom. The topological polar surface area (TPSA) is 6.48 Å². The van der Waals surface area contributed by atoms with E-state index in [1.165, 1.54) is 139 Å². The Bertz CT molecular complexity index is 4200. The van der Waals surface area contributed by atoms with Crippen LogP contribution in [0.2, 0.25) is 0 Å². The summed E-state index contributed by atoms with van der Waals surface area (Å²) in [6, 6.07) is 90.8. The van der Waals surface area contributed by atoms with E-state index in [-0.39, 0.29) is 18.5 Å². The first-order valence-electron chi connectivity index (χ1n) is 32.0. The predicted octanol–water partition coefficient (Wildman–Crippen LogP) is 22.5. The molecule has 0 N–H and O–H groups in total. The lowest BCUT2D eigenvalue weighted by atomic mass is 9.33. The number of hydrogen-bond acceptors (Lipinski definition) is 2. The molecule has 3 heteroatoms. The van der Waals surface area contributed by atoms with E-state index in [0.29, 0.717) is 23.7 Å². The quantitative estimate of drug-likeness (QED) is 0.100. The van der Waals surface area contributed by atoms with E-state index >= 15 is 0 Å². The molecule has 2 aliphatic rings. The fourth-order valence-corrected chi connectivity index (χ4v) is 14.6. The highest BCUT2D eigenvalue weighted by atomic mass is 15.2. The number of benzene rings is 11. The van der Waals surface area contributed by atoms with Crippen LogP contribution < -0.4 is 26.2 Å². The number of hydrogen-bond donors (Lipinski definition) is 0.